The molecule has 0 atom stereocenters. The highest BCUT2D eigenvalue weighted by Crippen LogP contribution is 2.43. The lowest BCUT2D eigenvalue weighted by molar-refractivity contribution is 0.468. The van der Waals surface area contributed by atoms with Crippen molar-refractivity contribution in [3.05, 3.63) is 22.4 Å². The van der Waals surface area contributed by atoms with Crippen LogP contribution in [0.2, 0.25) is 0 Å². The van der Waals surface area contributed by atoms with Crippen LogP contribution in [0.4, 0.5) is 0 Å². The largest absolute Gasteiger partial charge is 0.330 e. The molecule has 0 radical (unpaired) electrons. The van der Waals surface area contributed by atoms with Gasteiger partial charge in [0.05, 0.1) is 0 Å². The van der Waals surface area contributed by atoms with E-state index in [1.54, 1.807) is 11.3 Å². The second-order valence-corrected chi connectivity index (χ2v) is 4.72. The maximum absolute atomic E-state index is 5.69. The zero-order valence-corrected chi connectivity index (χ0v) is 8.57. The van der Waals surface area contributed by atoms with Gasteiger partial charge in [-0.2, -0.15) is 11.3 Å². The summed E-state index contributed by atoms with van der Waals surface area (Å²) in [5.41, 5.74) is 7.53. The van der Waals surface area contributed by atoms with Crippen LogP contribution in [0.5, 0.6) is 0 Å². The standard InChI is InChI=1S/C10H16N2S/c11-7-10(2-3-10)8-12-5-9-1-4-13-6-9/h1,4,6,12H,2-3,5,7-8,11H2. The van der Waals surface area contributed by atoms with Crippen molar-refractivity contribution in [3.8, 4) is 0 Å². The molecule has 2 rings (SSSR count). The van der Waals surface area contributed by atoms with Crippen LogP contribution in [0, 0.1) is 5.41 Å². The number of nitrogens with two attached hydrogens (primary N) is 1. The van der Waals surface area contributed by atoms with Gasteiger partial charge in [-0.25, -0.2) is 0 Å². The van der Waals surface area contributed by atoms with Crippen molar-refractivity contribution < 1.29 is 0 Å². The summed E-state index contributed by atoms with van der Waals surface area (Å²) in [5, 5.41) is 7.78. The molecule has 0 unspecified atom stereocenters. The molecular formula is C10H16N2S. The SMILES string of the molecule is NCC1(CNCc2ccsc2)CC1. The van der Waals surface area contributed by atoms with Crippen molar-refractivity contribution in [2.24, 2.45) is 11.1 Å². The van der Waals surface area contributed by atoms with E-state index in [1.807, 2.05) is 0 Å². The molecule has 1 aliphatic rings. The van der Waals surface area contributed by atoms with Gasteiger partial charge < -0.3 is 11.1 Å². The van der Waals surface area contributed by atoms with E-state index in [4.69, 9.17) is 5.73 Å². The van der Waals surface area contributed by atoms with Crippen LogP contribution in [-0.4, -0.2) is 13.1 Å². The number of hydrogen-bond acceptors (Lipinski definition) is 3. The van der Waals surface area contributed by atoms with Crippen molar-refractivity contribution in [2.75, 3.05) is 13.1 Å². The lowest BCUT2D eigenvalue weighted by Crippen LogP contribution is -2.29. The van der Waals surface area contributed by atoms with E-state index in [0.717, 1.165) is 19.6 Å². The van der Waals surface area contributed by atoms with Gasteiger partial charge in [-0.15, -0.1) is 0 Å². The Hall–Kier alpha value is -0.380. The zero-order chi connectivity index (χ0) is 9.15. The van der Waals surface area contributed by atoms with Crippen LogP contribution < -0.4 is 11.1 Å². The lowest BCUT2D eigenvalue weighted by Gasteiger charge is -2.12. The minimum absolute atomic E-state index is 0.454. The maximum atomic E-state index is 5.69. The maximum Gasteiger partial charge on any atom is 0.0213 e. The Morgan fingerprint density at radius 1 is 1.54 bits per heavy atom. The van der Waals surface area contributed by atoms with Crippen molar-refractivity contribution in [1.82, 2.24) is 5.32 Å². The average Bonchev–Trinajstić information content (AvgIpc) is 2.74. The summed E-state index contributed by atoms with van der Waals surface area (Å²) >= 11 is 1.75. The Bertz CT molecular complexity index is 252. The summed E-state index contributed by atoms with van der Waals surface area (Å²) in [6.45, 7) is 2.91. The predicted molar refractivity (Wildman–Crippen MR) is 56.7 cm³/mol. The van der Waals surface area contributed by atoms with Gasteiger partial charge >= 0.3 is 0 Å². The topological polar surface area (TPSA) is 38.0 Å². The van der Waals surface area contributed by atoms with E-state index in [-0.39, 0.29) is 0 Å². The first-order valence-corrected chi connectivity index (χ1v) is 5.71. The third-order valence-corrected chi connectivity index (χ3v) is 3.53. The van der Waals surface area contributed by atoms with Crippen LogP contribution in [0.15, 0.2) is 16.8 Å². The van der Waals surface area contributed by atoms with Gasteiger partial charge in [0, 0.05) is 13.1 Å². The molecule has 0 amide bonds. The highest BCUT2D eigenvalue weighted by molar-refractivity contribution is 7.07. The smallest absolute Gasteiger partial charge is 0.0213 e. The van der Waals surface area contributed by atoms with E-state index < -0.39 is 0 Å². The van der Waals surface area contributed by atoms with Gasteiger partial charge in [0.25, 0.3) is 0 Å². The fourth-order valence-corrected chi connectivity index (χ4v) is 2.16. The van der Waals surface area contributed by atoms with E-state index >= 15 is 0 Å². The summed E-state index contributed by atoms with van der Waals surface area (Å²) in [5.74, 6) is 0. The first-order chi connectivity index (χ1) is 6.35. The summed E-state index contributed by atoms with van der Waals surface area (Å²) in [6, 6.07) is 2.17. The number of hydrogen-bond donors (Lipinski definition) is 2. The third-order valence-electron chi connectivity index (χ3n) is 2.80. The molecule has 13 heavy (non-hydrogen) atoms. The predicted octanol–water partition coefficient (Wildman–Crippen LogP) is 1.58. The van der Waals surface area contributed by atoms with Crippen LogP contribution in [0.25, 0.3) is 0 Å². The van der Waals surface area contributed by atoms with Crippen molar-refractivity contribution in [1.29, 1.82) is 0 Å². The molecule has 0 aromatic carbocycles. The van der Waals surface area contributed by atoms with E-state index in [2.05, 4.69) is 22.1 Å². The fourth-order valence-electron chi connectivity index (χ4n) is 1.50. The van der Waals surface area contributed by atoms with Crippen molar-refractivity contribution >= 4 is 11.3 Å². The lowest BCUT2D eigenvalue weighted by atomic mass is 10.1. The van der Waals surface area contributed by atoms with Gasteiger partial charge in [0.2, 0.25) is 0 Å². The molecule has 1 heterocycles. The Kier molecular flexibility index (Phi) is 2.67. The molecule has 1 fully saturated rings. The molecule has 72 valence electrons. The molecule has 0 bridgehead atoms. The Morgan fingerprint density at radius 2 is 2.38 bits per heavy atom. The molecule has 0 saturated heterocycles. The van der Waals surface area contributed by atoms with Crippen molar-refractivity contribution in [2.45, 2.75) is 19.4 Å². The molecule has 3 heteroatoms. The van der Waals surface area contributed by atoms with Crippen LogP contribution in [-0.2, 0) is 6.54 Å². The van der Waals surface area contributed by atoms with Gasteiger partial charge in [-0.05, 0) is 47.2 Å². The highest BCUT2D eigenvalue weighted by Gasteiger charge is 2.40. The Balaban J connectivity index is 1.70. The number of nitrogens with one attached hydrogen (secondary N) is 1. The molecule has 1 aromatic rings. The molecule has 1 aromatic heterocycles. The van der Waals surface area contributed by atoms with Crippen LogP contribution in [0.1, 0.15) is 18.4 Å². The highest BCUT2D eigenvalue weighted by atomic mass is 32.1. The minimum Gasteiger partial charge on any atom is -0.330 e. The van der Waals surface area contributed by atoms with Gasteiger partial charge in [0.15, 0.2) is 0 Å². The minimum atomic E-state index is 0.454. The quantitative estimate of drug-likeness (QED) is 0.750. The molecule has 2 nitrogen and oxygen atoms in total. The first kappa shape index (κ1) is 9.19. The second kappa shape index (κ2) is 3.78. The van der Waals surface area contributed by atoms with Crippen LogP contribution in [0.3, 0.4) is 0 Å². The van der Waals surface area contributed by atoms with Gasteiger partial charge in [-0.3, -0.25) is 0 Å². The van der Waals surface area contributed by atoms with Crippen LogP contribution >= 0.6 is 11.3 Å². The first-order valence-electron chi connectivity index (χ1n) is 4.77. The molecule has 1 aliphatic carbocycles. The Morgan fingerprint density at radius 3 is 2.92 bits per heavy atom. The van der Waals surface area contributed by atoms with E-state index in [1.165, 1.54) is 18.4 Å². The molecule has 0 spiro atoms. The normalized spacial score (nSPS) is 18.8. The average molecular weight is 196 g/mol. The number of rotatable bonds is 5. The summed E-state index contributed by atoms with van der Waals surface area (Å²) in [7, 11) is 0. The summed E-state index contributed by atoms with van der Waals surface area (Å²) in [4.78, 5) is 0. The van der Waals surface area contributed by atoms with Crippen molar-refractivity contribution in [3.63, 3.8) is 0 Å². The molecule has 0 aliphatic heterocycles. The molecule has 1 saturated carbocycles. The zero-order valence-electron chi connectivity index (χ0n) is 7.75. The second-order valence-electron chi connectivity index (χ2n) is 3.94. The summed E-state index contributed by atoms with van der Waals surface area (Å²) < 4.78 is 0. The fraction of sp³-hybridized carbons (Fsp3) is 0.600. The molecule has 3 N–H and O–H groups in total. The molecular weight excluding hydrogens is 180 g/mol. The summed E-state index contributed by atoms with van der Waals surface area (Å²) in [6.07, 6.45) is 2.61. The van der Waals surface area contributed by atoms with E-state index in [0.29, 0.717) is 5.41 Å². The third kappa shape index (κ3) is 2.30. The Labute approximate surface area is 83.1 Å². The van der Waals surface area contributed by atoms with Gasteiger partial charge in [0.1, 0.15) is 0 Å². The van der Waals surface area contributed by atoms with E-state index in [9.17, 15) is 0 Å². The monoisotopic (exact) mass is 196 g/mol. The number of thiophene rings is 1. The van der Waals surface area contributed by atoms with Gasteiger partial charge in [-0.1, -0.05) is 0 Å².